The predicted octanol–water partition coefficient (Wildman–Crippen LogP) is 2.50. The summed E-state index contributed by atoms with van der Waals surface area (Å²) in [5.41, 5.74) is 0.973. The van der Waals surface area contributed by atoms with E-state index >= 15 is 0 Å². The molecule has 2 aromatic rings. The fourth-order valence-electron chi connectivity index (χ4n) is 1.45. The molecule has 2 nitrogen and oxygen atoms in total. The van der Waals surface area contributed by atoms with E-state index in [1.165, 1.54) is 0 Å². The highest BCUT2D eigenvalue weighted by Crippen LogP contribution is 2.24. The Morgan fingerprint density at radius 2 is 2.15 bits per heavy atom. The van der Waals surface area contributed by atoms with Crippen LogP contribution in [0.4, 0.5) is 0 Å². The minimum atomic E-state index is 0.376. The van der Waals surface area contributed by atoms with Gasteiger partial charge in [0.05, 0.1) is 0 Å². The van der Waals surface area contributed by atoms with Crippen molar-refractivity contribution in [2.24, 2.45) is 0 Å². The molecule has 0 saturated carbocycles. The van der Waals surface area contributed by atoms with Crippen molar-refractivity contribution in [2.75, 3.05) is 0 Å². The van der Waals surface area contributed by atoms with E-state index in [9.17, 15) is 5.11 Å². The van der Waals surface area contributed by atoms with Gasteiger partial charge in [0.25, 0.3) is 0 Å². The van der Waals surface area contributed by atoms with Crippen LogP contribution in [0.1, 0.15) is 12.5 Å². The zero-order valence-corrected chi connectivity index (χ0v) is 7.49. The predicted molar refractivity (Wildman–Crippen MR) is 52.8 cm³/mol. The number of aromatic hydroxyl groups is 1. The second-order valence-corrected chi connectivity index (χ2v) is 3.06. The van der Waals surface area contributed by atoms with Gasteiger partial charge in [0.15, 0.2) is 0 Å². The molecule has 0 unspecified atom stereocenters. The van der Waals surface area contributed by atoms with Gasteiger partial charge in [-0.25, -0.2) is 0 Å². The van der Waals surface area contributed by atoms with Gasteiger partial charge in [0.1, 0.15) is 5.75 Å². The minimum absolute atomic E-state index is 0.376. The van der Waals surface area contributed by atoms with Gasteiger partial charge in [0, 0.05) is 17.8 Å². The zero-order valence-electron chi connectivity index (χ0n) is 7.49. The second-order valence-electron chi connectivity index (χ2n) is 3.06. The first-order valence-electron chi connectivity index (χ1n) is 4.37. The molecule has 0 amide bonds. The monoisotopic (exact) mass is 173 g/mol. The maximum atomic E-state index is 9.59. The molecule has 0 spiro atoms. The molecule has 1 N–H and O–H groups in total. The number of benzene rings is 1. The Morgan fingerprint density at radius 1 is 1.31 bits per heavy atom. The van der Waals surface area contributed by atoms with Crippen LogP contribution in [0.25, 0.3) is 10.8 Å². The van der Waals surface area contributed by atoms with E-state index < -0.39 is 0 Å². The van der Waals surface area contributed by atoms with Crippen LogP contribution in [0.3, 0.4) is 0 Å². The first-order chi connectivity index (χ1) is 6.31. The van der Waals surface area contributed by atoms with E-state index in [0.717, 1.165) is 22.8 Å². The van der Waals surface area contributed by atoms with E-state index in [1.807, 2.05) is 25.3 Å². The number of pyridine rings is 1. The summed E-state index contributed by atoms with van der Waals surface area (Å²) in [6.45, 7) is 2.03. The van der Waals surface area contributed by atoms with Crippen molar-refractivity contribution in [1.82, 2.24) is 4.98 Å². The third-order valence-corrected chi connectivity index (χ3v) is 2.22. The fourth-order valence-corrected chi connectivity index (χ4v) is 1.45. The number of aryl methyl sites for hydroxylation is 1. The van der Waals surface area contributed by atoms with E-state index in [0.29, 0.717) is 5.75 Å². The molecule has 13 heavy (non-hydrogen) atoms. The lowest BCUT2D eigenvalue weighted by molar-refractivity contribution is 0.470. The smallest absolute Gasteiger partial charge is 0.119 e. The third-order valence-electron chi connectivity index (χ3n) is 2.22. The molecular formula is C11H11NO. The molecule has 0 aliphatic carbocycles. The highest BCUT2D eigenvalue weighted by molar-refractivity contribution is 5.83. The van der Waals surface area contributed by atoms with Gasteiger partial charge < -0.3 is 5.11 Å². The number of phenolic OH excluding ortho intramolecular Hbond substituents is 1. The van der Waals surface area contributed by atoms with Gasteiger partial charge in [-0.2, -0.15) is 0 Å². The Kier molecular flexibility index (Phi) is 1.89. The van der Waals surface area contributed by atoms with Gasteiger partial charge in [0.2, 0.25) is 0 Å². The van der Waals surface area contributed by atoms with Crippen LogP contribution in [-0.4, -0.2) is 10.1 Å². The van der Waals surface area contributed by atoms with Gasteiger partial charge in [-0.15, -0.1) is 0 Å². The van der Waals surface area contributed by atoms with Crippen LogP contribution < -0.4 is 0 Å². The number of hydrogen-bond acceptors (Lipinski definition) is 2. The van der Waals surface area contributed by atoms with Crippen molar-refractivity contribution in [2.45, 2.75) is 13.3 Å². The molecule has 1 aromatic carbocycles. The SMILES string of the molecule is CCc1cc2cnccc2cc1O. The molecule has 1 aromatic heterocycles. The molecule has 0 aliphatic rings. The number of rotatable bonds is 1. The standard InChI is InChI=1S/C11H11NO/c1-2-8-5-10-7-12-4-3-9(10)6-11(8)13/h3-7,13H,2H2,1H3. The normalized spacial score (nSPS) is 10.5. The van der Waals surface area contributed by atoms with E-state index in [2.05, 4.69) is 4.98 Å². The molecule has 0 atom stereocenters. The molecule has 1 heterocycles. The van der Waals surface area contributed by atoms with Crippen LogP contribution in [-0.2, 0) is 6.42 Å². The zero-order chi connectivity index (χ0) is 9.26. The van der Waals surface area contributed by atoms with Crippen LogP contribution in [0.15, 0.2) is 30.6 Å². The second kappa shape index (κ2) is 3.05. The average Bonchev–Trinajstić information content (AvgIpc) is 2.17. The lowest BCUT2D eigenvalue weighted by Gasteiger charge is -2.03. The lowest BCUT2D eigenvalue weighted by atomic mass is 10.1. The van der Waals surface area contributed by atoms with E-state index in [1.54, 1.807) is 12.3 Å². The largest absolute Gasteiger partial charge is 0.508 e. The van der Waals surface area contributed by atoms with Gasteiger partial charge in [-0.3, -0.25) is 4.98 Å². The van der Waals surface area contributed by atoms with Crippen molar-refractivity contribution in [3.05, 3.63) is 36.2 Å². The van der Waals surface area contributed by atoms with Crippen LogP contribution in [0.5, 0.6) is 5.75 Å². The summed E-state index contributed by atoms with van der Waals surface area (Å²) >= 11 is 0. The molecule has 0 saturated heterocycles. The minimum Gasteiger partial charge on any atom is -0.508 e. The summed E-state index contributed by atoms with van der Waals surface area (Å²) in [6.07, 6.45) is 4.39. The van der Waals surface area contributed by atoms with Crippen molar-refractivity contribution >= 4 is 10.8 Å². The number of fused-ring (bicyclic) bond motifs is 1. The number of phenols is 1. The quantitative estimate of drug-likeness (QED) is 0.718. The number of hydrogen-bond donors (Lipinski definition) is 1. The molecule has 2 heteroatoms. The Morgan fingerprint density at radius 3 is 2.92 bits per heavy atom. The summed E-state index contributed by atoms with van der Waals surface area (Å²) in [7, 11) is 0. The maximum Gasteiger partial charge on any atom is 0.119 e. The molecule has 0 bridgehead atoms. The summed E-state index contributed by atoms with van der Waals surface area (Å²) in [4.78, 5) is 4.04. The van der Waals surface area contributed by atoms with Crippen molar-refractivity contribution in [3.63, 3.8) is 0 Å². The van der Waals surface area contributed by atoms with E-state index in [-0.39, 0.29) is 0 Å². The average molecular weight is 173 g/mol. The summed E-state index contributed by atoms with van der Waals surface area (Å²) in [6, 6.07) is 5.67. The molecule has 0 aliphatic heterocycles. The van der Waals surface area contributed by atoms with Crippen molar-refractivity contribution in [1.29, 1.82) is 0 Å². The Labute approximate surface area is 76.9 Å². The Bertz CT molecular complexity index is 437. The van der Waals surface area contributed by atoms with Crippen molar-refractivity contribution < 1.29 is 5.11 Å². The summed E-state index contributed by atoms with van der Waals surface area (Å²) in [5.74, 6) is 0.376. The molecule has 0 radical (unpaired) electrons. The molecule has 66 valence electrons. The Hall–Kier alpha value is -1.57. The third kappa shape index (κ3) is 1.35. The van der Waals surface area contributed by atoms with Crippen LogP contribution in [0.2, 0.25) is 0 Å². The van der Waals surface area contributed by atoms with E-state index in [4.69, 9.17) is 0 Å². The lowest BCUT2D eigenvalue weighted by Crippen LogP contribution is -1.83. The molecular weight excluding hydrogens is 162 g/mol. The van der Waals surface area contributed by atoms with Crippen LogP contribution in [0, 0.1) is 0 Å². The highest BCUT2D eigenvalue weighted by atomic mass is 16.3. The van der Waals surface area contributed by atoms with Crippen LogP contribution >= 0.6 is 0 Å². The Balaban J connectivity index is 2.74. The molecule has 2 rings (SSSR count). The number of aromatic nitrogens is 1. The summed E-state index contributed by atoms with van der Waals surface area (Å²) < 4.78 is 0. The summed E-state index contributed by atoms with van der Waals surface area (Å²) in [5, 5.41) is 11.7. The fraction of sp³-hybridized carbons (Fsp3) is 0.182. The van der Waals surface area contributed by atoms with Gasteiger partial charge in [-0.05, 0) is 35.6 Å². The van der Waals surface area contributed by atoms with Gasteiger partial charge in [-0.1, -0.05) is 6.92 Å². The topological polar surface area (TPSA) is 33.1 Å². The highest BCUT2D eigenvalue weighted by Gasteiger charge is 2.00. The number of nitrogens with zero attached hydrogens (tertiary/aromatic N) is 1. The maximum absolute atomic E-state index is 9.59. The van der Waals surface area contributed by atoms with Gasteiger partial charge >= 0.3 is 0 Å². The molecule has 0 fully saturated rings. The first kappa shape index (κ1) is 8.05. The first-order valence-corrected chi connectivity index (χ1v) is 4.37. The van der Waals surface area contributed by atoms with Crippen molar-refractivity contribution in [3.8, 4) is 5.75 Å².